The monoisotopic (exact) mass is 509 g/mol. The molecule has 3 aromatic heterocycles. The first-order valence-corrected chi connectivity index (χ1v) is 12.9. The summed E-state index contributed by atoms with van der Waals surface area (Å²) in [7, 11) is 0. The van der Waals surface area contributed by atoms with Gasteiger partial charge in [0.25, 0.3) is 5.91 Å². The Morgan fingerprint density at radius 2 is 1.69 bits per heavy atom. The number of fused-ring (bicyclic) bond motifs is 1. The number of ether oxygens (including phenoxy) is 1. The number of nitrogens with zero attached hydrogens (tertiary/aromatic N) is 4. The van der Waals surface area contributed by atoms with Gasteiger partial charge in [-0.2, -0.15) is 5.10 Å². The first-order chi connectivity index (χ1) is 17.5. The van der Waals surface area contributed by atoms with Gasteiger partial charge in [0.15, 0.2) is 5.65 Å². The molecule has 3 N–H and O–H groups in total. The molecule has 0 bridgehead atoms. The van der Waals surface area contributed by atoms with Gasteiger partial charge in [-0.05, 0) is 44.6 Å². The number of carbonyl (C=O) groups is 2. The van der Waals surface area contributed by atoms with Crippen LogP contribution in [0.3, 0.4) is 0 Å². The van der Waals surface area contributed by atoms with Crippen molar-refractivity contribution < 1.29 is 14.3 Å². The number of carbonyl (C=O) groups excluding carboxylic acids is 2. The highest BCUT2D eigenvalue weighted by Gasteiger charge is 2.31. The van der Waals surface area contributed by atoms with Crippen LogP contribution in [0.15, 0.2) is 30.9 Å². The second kappa shape index (κ2) is 9.67. The molecule has 6 rings (SSSR count). The van der Waals surface area contributed by atoms with Crippen molar-refractivity contribution in [1.29, 1.82) is 0 Å². The summed E-state index contributed by atoms with van der Waals surface area (Å²) >= 11 is 6.04. The number of hydrogen-bond donors (Lipinski definition) is 3. The molecule has 36 heavy (non-hydrogen) atoms. The Labute approximate surface area is 213 Å². The standard InChI is InChI=1S/C25H28ClN7O3/c26-15-8-28-23-19(10-29-33(23)11-15)21-7-22(30-18-12-36-13-18)20(9-27-21)25(35)32-16-3-1-14(2-4-16)24(34)31-17-5-6-17/h7-11,14,16-18H,1-6,12-13H2,(H,27,30)(H,31,34)(H,32,35)/t14-,16-. The summed E-state index contributed by atoms with van der Waals surface area (Å²) in [6, 6.07) is 2.41. The fourth-order valence-electron chi connectivity index (χ4n) is 4.78. The van der Waals surface area contributed by atoms with Crippen molar-refractivity contribution in [3.05, 3.63) is 41.4 Å². The predicted molar refractivity (Wildman–Crippen MR) is 134 cm³/mol. The van der Waals surface area contributed by atoms with Crippen molar-refractivity contribution in [3.63, 3.8) is 0 Å². The van der Waals surface area contributed by atoms with E-state index in [1.807, 2.05) is 6.07 Å². The van der Waals surface area contributed by atoms with E-state index in [2.05, 4.69) is 31.0 Å². The van der Waals surface area contributed by atoms with Gasteiger partial charge in [0.1, 0.15) is 0 Å². The number of aromatic nitrogens is 4. The molecule has 2 saturated carbocycles. The van der Waals surface area contributed by atoms with Crippen LogP contribution in [0.4, 0.5) is 5.69 Å². The van der Waals surface area contributed by atoms with Gasteiger partial charge in [-0.1, -0.05) is 11.6 Å². The number of rotatable bonds is 7. The molecule has 3 aliphatic rings. The summed E-state index contributed by atoms with van der Waals surface area (Å²) in [5.41, 5.74) is 3.20. The van der Waals surface area contributed by atoms with Gasteiger partial charge < -0.3 is 20.7 Å². The third kappa shape index (κ3) is 4.87. The largest absolute Gasteiger partial charge is 0.377 e. The third-order valence-electron chi connectivity index (χ3n) is 7.10. The maximum atomic E-state index is 13.3. The number of nitrogens with one attached hydrogen (secondary N) is 3. The minimum absolute atomic E-state index is 0.0376. The van der Waals surface area contributed by atoms with Gasteiger partial charge in [0.2, 0.25) is 5.91 Å². The smallest absolute Gasteiger partial charge is 0.255 e. The van der Waals surface area contributed by atoms with Crippen molar-refractivity contribution in [2.45, 2.75) is 56.7 Å². The fourth-order valence-corrected chi connectivity index (χ4v) is 4.93. The van der Waals surface area contributed by atoms with Gasteiger partial charge in [-0.25, -0.2) is 9.50 Å². The van der Waals surface area contributed by atoms with E-state index < -0.39 is 0 Å². The topological polar surface area (TPSA) is 123 Å². The summed E-state index contributed by atoms with van der Waals surface area (Å²) < 4.78 is 6.92. The van der Waals surface area contributed by atoms with Crippen LogP contribution in [0.5, 0.6) is 0 Å². The fraction of sp³-hybridized carbons (Fsp3) is 0.480. The van der Waals surface area contributed by atoms with E-state index in [9.17, 15) is 9.59 Å². The normalized spacial score (nSPS) is 22.1. The van der Waals surface area contributed by atoms with Crippen LogP contribution >= 0.6 is 11.6 Å². The van der Waals surface area contributed by atoms with Gasteiger partial charge in [-0.15, -0.1) is 0 Å². The van der Waals surface area contributed by atoms with Crippen LogP contribution in [-0.2, 0) is 9.53 Å². The lowest BCUT2D eigenvalue weighted by molar-refractivity contribution is -0.126. The molecule has 0 spiro atoms. The van der Waals surface area contributed by atoms with Crippen LogP contribution in [0.1, 0.15) is 48.9 Å². The zero-order chi connectivity index (χ0) is 24.6. The van der Waals surface area contributed by atoms with E-state index in [0.717, 1.165) is 44.1 Å². The molecule has 188 valence electrons. The molecule has 1 saturated heterocycles. The van der Waals surface area contributed by atoms with Crippen molar-refractivity contribution in [3.8, 4) is 11.3 Å². The van der Waals surface area contributed by atoms with E-state index in [4.69, 9.17) is 16.3 Å². The summed E-state index contributed by atoms with van der Waals surface area (Å²) in [4.78, 5) is 34.6. The van der Waals surface area contributed by atoms with Crippen molar-refractivity contribution in [2.75, 3.05) is 18.5 Å². The highest BCUT2D eigenvalue weighted by Crippen LogP contribution is 2.30. The zero-order valence-corrected chi connectivity index (χ0v) is 20.5. The number of hydrogen-bond acceptors (Lipinski definition) is 7. The Morgan fingerprint density at radius 3 is 2.42 bits per heavy atom. The first kappa shape index (κ1) is 23.2. The van der Waals surface area contributed by atoms with E-state index in [1.165, 1.54) is 0 Å². The molecule has 3 fully saturated rings. The molecule has 3 aromatic rings. The van der Waals surface area contributed by atoms with Crippen molar-refractivity contribution >= 4 is 34.7 Å². The summed E-state index contributed by atoms with van der Waals surface area (Å²) in [6.45, 7) is 1.17. The predicted octanol–water partition coefficient (Wildman–Crippen LogP) is 2.82. The summed E-state index contributed by atoms with van der Waals surface area (Å²) in [5.74, 6) is 0.0399. The van der Waals surface area contributed by atoms with Crippen molar-refractivity contribution in [2.24, 2.45) is 5.92 Å². The van der Waals surface area contributed by atoms with Gasteiger partial charge in [0, 0.05) is 30.4 Å². The quantitative estimate of drug-likeness (QED) is 0.447. The van der Waals surface area contributed by atoms with Crippen LogP contribution in [-0.4, -0.2) is 62.7 Å². The SMILES string of the molecule is O=C(N[C@H]1CC[C@H](C(=O)NC2CC2)CC1)c1cnc(-c2cnn3cc(Cl)cnc23)cc1NC1COC1. The molecule has 0 atom stereocenters. The van der Waals surface area contributed by atoms with Gasteiger partial charge >= 0.3 is 0 Å². The Hall–Kier alpha value is -3.24. The Morgan fingerprint density at radius 1 is 0.944 bits per heavy atom. The van der Waals surface area contributed by atoms with E-state index in [-0.39, 0.29) is 29.8 Å². The number of amides is 2. The highest BCUT2D eigenvalue weighted by molar-refractivity contribution is 6.30. The third-order valence-corrected chi connectivity index (χ3v) is 7.30. The lowest BCUT2D eigenvalue weighted by Gasteiger charge is -2.30. The first-order valence-electron chi connectivity index (χ1n) is 12.5. The van der Waals surface area contributed by atoms with Crippen LogP contribution < -0.4 is 16.0 Å². The Bertz CT molecular complexity index is 1300. The van der Waals surface area contributed by atoms with Gasteiger partial charge in [0.05, 0.1) is 59.2 Å². The molecule has 0 radical (unpaired) electrons. The lowest BCUT2D eigenvalue weighted by Crippen LogP contribution is -2.42. The second-order valence-corrected chi connectivity index (χ2v) is 10.3. The summed E-state index contributed by atoms with van der Waals surface area (Å²) in [6.07, 6.45) is 11.9. The van der Waals surface area contributed by atoms with E-state index >= 15 is 0 Å². The van der Waals surface area contributed by atoms with E-state index in [1.54, 1.807) is 29.3 Å². The van der Waals surface area contributed by atoms with E-state index in [0.29, 0.717) is 46.9 Å². The lowest BCUT2D eigenvalue weighted by atomic mass is 9.85. The summed E-state index contributed by atoms with van der Waals surface area (Å²) in [5, 5.41) is 14.5. The molecule has 1 aliphatic heterocycles. The number of halogens is 1. The average Bonchev–Trinajstić information content (AvgIpc) is 3.57. The van der Waals surface area contributed by atoms with Crippen LogP contribution in [0, 0.1) is 5.92 Å². The minimum atomic E-state index is -0.174. The molecule has 4 heterocycles. The Kier molecular flexibility index (Phi) is 6.22. The van der Waals surface area contributed by atoms with Gasteiger partial charge in [-0.3, -0.25) is 14.6 Å². The molecule has 11 heteroatoms. The molecular weight excluding hydrogens is 482 g/mol. The maximum absolute atomic E-state index is 13.3. The molecule has 2 aliphatic carbocycles. The Balaban J connectivity index is 1.18. The minimum Gasteiger partial charge on any atom is -0.377 e. The number of pyridine rings is 1. The van der Waals surface area contributed by atoms with Crippen LogP contribution in [0.2, 0.25) is 5.02 Å². The second-order valence-electron chi connectivity index (χ2n) is 9.90. The molecule has 10 nitrogen and oxygen atoms in total. The van der Waals surface area contributed by atoms with Crippen LogP contribution in [0.25, 0.3) is 16.9 Å². The number of anilines is 1. The molecule has 0 aromatic carbocycles. The van der Waals surface area contributed by atoms with Crippen molar-refractivity contribution in [1.82, 2.24) is 30.2 Å². The zero-order valence-electron chi connectivity index (χ0n) is 19.7. The maximum Gasteiger partial charge on any atom is 0.255 e. The molecule has 0 unspecified atom stereocenters. The highest BCUT2D eigenvalue weighted by atomic mass is 35.5. The molecular formula is C25H28ClN7O3. The average molecular weight is 510 g/mol. The molecule has 2 amide bonds.